The first-order chi connectivity index (χ1) is 9.65. The highest BCUT2D eigenvalue weighted by atomic mass is 32.1. The molecule has 0 saturated heterocycles. The summed E-state index contributed by atoms with van der Waals surface area (Å²) in [4.78, 5) is 23.5. The molecule has 0 atom stereocenters. The molecule has 0 aliphatic heterocycles. The Labute approximate surface area is 121 Å². The molecule has 0 spiro atoms. The molecule has 20 heavy (non-hydrogen) atoms. The quantitative estimate of drug-likeness (QED) is 0.830. The Bertz CT molecular complexity index is 595. The van der Waals surface area contributed by atoms with E-state index in [9.17, 15) is 9.59 Å². The summed E-state index contributed by atoms with van der Waals surface area (Å²) in [5, 5.41) is 11.6. The number of aromatic nitrogens is 2. The van der Waals surface area contributed by atoms with Crippen LogP contribution >= 0.6 is 11.3 Å². The lowest BCUT2D eigenvalue weighted by molar-refractivity contribution is -0.116. The standard InChI is InChI=1S/C14H15N3O2S/c1-10-16-17-14(20-10)15-13(19)9-5-8-12(18)11-6-3-2-4-7-11/h2-4,6-7H,5,8-9H2,1H3,(H,15,17,19). The first-order valence-electron chi connectivity index (χ1n) is 6.33. The van der Waals surface area contributed by atoms with Crippen molar-refractivity contribution in [2.45, 2.75) is 26.2 Å². The molecule has 1 aromatic carbocycles. The minimum Gasteiger partial charge on any atom is -0.301 e. The van der Waals surface area contributed by atoms with Gasteiger partial charge in [-0.15, -0.1) is 10.2 Å². The Kier molecular flexibility index (Phi) is 4.95. The average molecular weight is 289 g/mol. The third-order valence-electron chi connectivity index (χ3n) is 2.68. The van der Waals surface area contributed by atoms with Gasteiger partial charge in [0, 0.05) is 18.4 Å². The van der Waals surface area contributed by atoms with Crippen LogP contribution in [0.25, 0.3) is 0 Å². The van der Waals surface area contributed by atoms with E-state index in [2.05, 4.69) is 15.5 Å². The van der Waals surface area contributed by atoms with Gasteiger partial charge in [0.25, 0.3) is 0 Å². The van der Waals surface area contributed by atoms with E-state index in [1.54, 1.807) is 12.1 Å². The number of Topliss-reactive ketones (excluding diaryl/α,β-unsaturated/α-hetero) is 1. The zero-order valence-electron chi connectivity index (χ0n) is 11.1. The van der Waals surface area contributed by atoms with Crippen molar-refractivity contribution in [3.8, 4) is 0 Å². The predicted octanol–water partition coefficient (Wildman–Crippen LogP) is 2.84. The molecule has 0 aliphatic carbocycles. The Morgan fingerprint density at radius 1 is 1.15 bits per heavy atom. The van der Waals surface area contributed by atoms with Crippen LogP contribution in [0.4, 0.5) is 5.13 Å². The molecule has 2 aromatic rings. The molecule has 0 aliphatic rings. The number of ketones is 1. The van der Waals surface area contributed by atoms with Gasteiger partial charge in [-0.05, 0) is 13.3 Å². The van der Waals surface area contributed by atoms with Gasteiger partial charge >= 0.3 is 0 Å². The molecule has 6 heteroatoms. The Balaban J connectivity index is 1.73. The van der Waals surface area contributed by atoms with Crippen LogP contribution in [-0.2, 0) is 4.79 Å². The number of rotatable bonds is 6. The van der Waals surface area contributed by atoms with Gasteiger partial charge in [0.05, 0.1) is 0 Å². The van der Waals surface area contributed by atoms with Crippen LogP contribution in [0.15, 0.2) is 30.3 Å². The van der Waals surface area contributed by atoms with E-state index >= 15 is 0 Å². The molecule has 1 heterocycles. The third kappa shape index (κ3) is 4.24. The fourth-order valence-electron chi connectivity index (χ4n) is 1.71. The molecule has 104 valence electrons. The van der Waals surface area contributed by atoms with Gasteiger partial charge in [-0.3, -0.25) is 9.59 Å². The van der Waals surface area contributed by atoms with E-state index in [4.69, 9.17) is 0 Å². The fourth-order valence-corrected chi connectivity index (χ4v) is 2.31. The van der Waals surface area contributed by atoms with E-state index in [0.717, 1.165) is 5.01 Å². The number of amides is 1. The Hall–Kier alpha value is -2.08. The van der Waals surface area contributed by atoms with E-state index < -0.39 is 0 Å². The normalized spacial score (nSPS) is 10.2. The number of anilines is 1. The molecule has 1 amide bonds. The molecule has 2 rings (SSSR count). The maximum atomic E-state index is 11.8. The van der Waals surface area contributed by atoms with E-state index in [1.165, 1.54) is 11.3 Å². The number of carbonyl (C=O) groups excluding carboxylic acids is 2. The summed E-state index contributed by atoms with van der Waals surface area (Å²) in [7, 11) is 0. The molecular weight excluding hydrogens is 274 g/mol. The first kappa shape index (κ1) is 14.3. The molecule has 5 nitrogen and oxygen atoms in total. The van der Waals surface area contributed by atoms with Crippen molar-refractivity contribution in [2.24, 2.45) is 0 Å². The lowest BCUT2D eigenvalue weighted by Gasteiger charge is -2.01. The molecular formula is C14H15N3O2S. The van der Waals surface area contributed by atoms with Gasteiger partial charge in [0.1, 0.15) is 5.01 Å². The van der Waals surface area contributed by atoms with Gasteiger partial charge in [-0.25, -0.2) is 0 Å². The van der Waals surface area contributed by atoms with Gasteiger partial charge in [-0.1, -0.05) is 41.7 Å². The molecule has 1 N–H and O–H groups in total. The van der Waals surface area contributed by atoms with Crippen LogP contribution < -0.4 is 5.32 Å². The van der Waals surface area contributed by atoms with E-state index in [-0.39, 0.29) is 11.7 Å². The van der Waals surface area contributed by atoms with Gasteiger partial charge in [0.2, 0.25) is 11.0 Å². The van der Waals surface area contributed by atoms with Crippen LogP contribution in [0.5, 0.6) is 0 Å². The number of aryl methyl sites for hydroxylation is 1. The zero-order valence-corrected chi connectivity index (χ0v) is 11.9. The summed E-state index contributed by atoms with van der Waals surface area (Å²) >= 11 is 1.33. The molecule has 0 bridgehead atoms. The largest absolute Gasteiger partial charge is 0.301 e. The van der Waals surface area contributed by atoms with Crippen molar-refractivity contribution in [3.05, 3.63) is 40.9 Å². The summed E-state index contributed by atoms with van der Waals surface area (Å²) in [6, 6.07) is 9.10. The maximum Gasteiger partial charge on any atom is 0.226 e. The summed E-state index contributed by atoms with van der Waals surface area (Å²) in [6.45, 7) is 1.83. The number of nitrogens with zero attached hydrogens (tertiary/aromatic N) is 2. The van der Waals surface area contributed by atoms with Crippen LogP contribution in [0, 0.1) is 6.92 Å². The highest BCUT2D eigenvalue weighted by molar-refractivity contribution is 7.15. The molecule has 0 saturated carbocycles. The molecule has 1 aromatic heterocycles. The number of hydrogen-bond acceptors (Lipinski definition) is 5. The number of hydrogen-bond donors (Lipinski definition) is 1. The van der Waals surface area contributed by atoms with Crippen molar-refractivity contribution >= 4 is 28.2 Å². The lowest BCUT2D eigenvalue weighted by atomic mass is 10.1. The average Bonchev–Trinajstić information content (AvgIpc) is 2.85. The Morgan fingerprint density at radius 2 is 1.90 bits per heavy atom. The van der Waals surface area contributed by atoms with E-state index in [0.29, 0.717) is 30.0 Å². The zero-order chi connectivity index (χ0) is 14.4. The van der Waals surface area contributed by atoms with Crippen LogP contribution in [-0.4, -0.2) is 21.9 Å². The first-order valence-corrected chi connectivity index (χ1v) is 7.15. The van der Waals surface area contributed by atoms with E-state index in [1.807, 2.05) is 25.1 Å². The van der Waals surface area contributed by atoms with Crippen molar-refractivity contribution in [3.63, 3.8) is 0 Å². The van der Waals surface area contributed by atoms with Gasteiger partial charge in [0.15, 0.2) is 5.78 Å². The number of nitrogens with one attached hydrogen (secondary N) is 1. The van der Waals surface area contributed by atoms with Crippen molar-refractivity contribution in [1.82, 2.24) is 10.2 Å². The number of carbonyl (C=O) groups is 2. The number of benzene rings is 1. The molecule has 0 fully saturated rings. The summed E-state index contributed by atoms with van der Waals surface area (Å²) in [6.07, 6.45) is 1.20. The fraction of sp³-hybridized carbons (Fsp3) is 0.286. The van der Waals surface area contributed by atoms with Crippen LogP contribution in [0.3, 0.4) is 0 Å². The topological polar surface area (TPSA) is 72.0 Å². The second kappa shape index (κ2) is 6.91. The third-order valence-corrected chi connectivity index (χ3v) is 3.43. The van der Waals surface area contributed by atoms with Crippen molar-refractivity contribution in [2.75, 3.05) is 5.32 Å². The molecule has 0 radical (unpaired) electrons. The lowest BCUT2D eigenvalue weighted by Crippen LogP contribution is -2.11. The van der Waals surface area contributed by atoms with Crippen molar-refractivity contribution in [1.29, 1.82) is 0 Å². The maximum absolute atomic E-state index is 11.8. The summed E-state index contributed by atoms with van der Waals surface area (Å²) in [5.41, 5.74) is 0.688. The minimum absolute atomic E-state index is 0.0603. The SMILES string of the molecule is Cc1nnc(NC(=O)CCCC(=O)c2ccccc2)s1. The Morgan fingerprint density at radius 3 is 2.55 bits per heavy atom. The highest BCUT2D eigenvalue weighted by Gasteiger charge is 2.09. The van der Waals surface area contributed by atoms with Crippen LogP contribution in [0.2, 0.25) is 0 Å². The van der Waals surface area contributed by atoms with Crippen LogP contribution in [0.1, 0.15) is 34.6 Å². The second-order valence-electron chi connectivity index (χ2n) is 4.32. The predicted molar refractivity (Wildman–Crippen MR) is 77.9 cm³/mol. The monoisotopic (exact) mass is 289 g/mol. The molecule has 0 unspecified atom stereocenters. The minimum atomic E-state index is -0.137. The summed E-state index contributed by atoms with van der Waals surface area (Å²) in [5.74, 6) is -0.0767. The summed E-state index contributed by atoms with van der Waals surface area (Å²) < 4.78 is 0. The highest BCUT2D eigenvalue weighted by Crippen LogP contribution is 2.14. The van der Waals surface area contributed by atoms with Gasteiger partial charge < -0.3 is 5.32 Å². The van der Waals surface area contributed by atoms with Gasteiger partial charge in [-0.2, -0.15) is 0 Å². The van der Waals surface area contributed by atoms with Crippen molar-refractivity contribution < 1.29 is 9.59 Å². The smallest absolute Gasteiger partial charge is 0.226 e. The second-order valence-corrected chi connectivity index (χ2v) is 5.50.